The van der Waals surface area contributed by atoms with Crippen molar-refractivity contribution in [2.24, 2.45) is 7.05 Å². The summed E-state index contributed by atoms with van der Waals surface area (Å²) < 4.78 is 15.4. The maximum atomic E-state index is 13.3. The van der Waals surface area contributed by atoms with Crippen LogP contribution in [0, 0.1) is 5.82 Å². The van der Waals surface area contributed by atoms with Gasteiger partial charge in [0.2, 0.25) is 5.95 Å². The summed E-state index contributed by atoms with van der Waals surface area (Å²) >= 11 is 0. The molecule has 0 aliphatic carbocycles. The smallest absolute Gasteiger partial charge is 0.303 e. The number of hydrogen-bond acceptors (Lipinski definition) is 4. The minimum atomic E-state index is -0.740. The minimum absolute atomic E-state index is 0.228. The van der Waals surface area contributed by atoms with Crippen molar-refractivity contribution in [1.82, 2.24) is 14.5 Å². The van der Waals surface area contributed by atoms with E-state index in [4.69, 9.17) is 10.1 Å². The zero-order valence-electron chi connectivity index (χ0n) is 16.0. The van der Waals surface area contributed by atoms with Gasteiger partial charge in [0, 0.05) is 20.0 Å². The molecule has 28 heavy (non-hydrogen) atoms. The van der Waals surface area contributed by atoms with Crippen LogP contribution < -0.4 is 4.90 Å². The molecule has 0 atom stereocenters. The lowest BCUT2D eigenvalue weighted by atomic mass is 10.1. The van der Waals surface area contributed by atoms with E-state index in [1.54, 1.807) is 6.07 Å². The summed E-state index contributed by atoms with van der Waals surface area (Å²) in [7, 11) is 1.97. The lowest BCUT2D eigenvalue weighted by Gasteiger charge is -2.22. The first-order chi connectivity index (χ1) is 13.6. The molecule has 0 spiro atoms. The maximum Gasteiger partial charge on any atom is 0.303 e. The number of benzene rings is 1. The first-order valence-electron chi connectivity index (χ1n) is 9.58. The molecule has 0 unspecified atom stereocenters. The van der Waals surface area contributed by atoms with E-state index in [1.165, 1.54) is 12.3 Å². The molecular formula is C21H25FN4O2. The topological polar surface area (TPSA) is 71.2 Å². The molecule has 2 heterocycles. The zero-order chi connectivity index (χ0) is 19.9. The van der Waals surface area contributed by atoms with E-state index >= 15 is 0 Å². The number of carbonyl (C=O) groups is 1. The molecule has 0 aliphatic rings. The van der Waals surface area contributed by atoms with Crippen LogP contribution in [0.25, 0.3) is 11.0 Å². The molecule has 0 saturated heterocycles. The van der Waals surface area contributed by atoms with Crippen molar-refractivity contribution in [2.45, 2.75) is 38.5 Å². The molecule has 6 nitrogen and oxygen atoms in total. The van der Waals surface area contributed by atoms with Crippen LogP contribution in [0.2, 0.25) is 0 Å². The van der Waals surface area contributed by atoms with Gasteiger partial charge in [-0.25, -0.2) is 14.4 Å². The van der Waals surface area contributed by atoms with Gasteiger partial charge in [0.15, 0.2) is 0 Å². The van der Waals surface area contributed by atoms with E-state index in [9.17, 15) is 9.18 Å². The number of carboxylic acid groups (broad SMARTS) is 1. The van der Waals surface area contributed by atoms with Crippen molar-refractivity contribution in [2.75, 3.05) is 11.4 Å². The molecule has 0 fully saturated rings. The molecule has 0 bridgehead atoms. The normalized spacial score (nSPS) is 11.1. The number of rotatable bonds is 10. The number of anilines is 2. The lowest BCUT2D eigenvalue weighted by molar-refractivity contribution is -0.137. The fraction of sp³-hybridized carbons (Fsp3) is 0.381. The van der Waals surface area contributed by atoms with Gasteiger partial charge in [-0.2, -0.15) is 0 Å². The highest BCUT2D eigenvalue weighted by molar-refractivity contribution is 5.79. The molecule has 1 aromatic carbocycles. The second-order valence-electron chi connectivity index (χ2n) is 6.86. The fourth-order valence-corrected chi connectivity index (χ4v) is 3.30. The molecule has 0 amide bonds. The Kier molecular flexibility index (Phi) is 6.57. The summed E-state index contributed by atoms with van der Waals surface area (Å²) in [4.78, 5) is 21.6. The van der Waals surface area contributed by atoms with E-state index in [0.29, 0.717) is 18.8 Å². The molecule has 1 N–H and O–H groups in total. The summed E-state index contributed by atoms with van der Waals surface area (Å²) in [6, 6.07) is 11.0. The van der Waals surface area contributed by atoms with E-state index in [-0.39, 0.29) is 12.2 Å². The number of pyridine rings is 1. The summed E-state index contributed by atoms with van der Waals surface area (Å²) in [6.07, 6.45) is 5.95. The van der Waals surface area contributed by atoms with Crippen molar-refractivity contribution in [3.63, 3.8) is 0 Å². The van der Waals surface area contributed by atoms with Gasteiger partial charge in [-0.3, -0.25) is 9.69 Å². The number of halogens is 1. The number of hydrogen-bond donors (Lipinski definition) is 1. The number of aryl methyl sites for hydroxylation is 1. The third kappa shape index (κ3) is 4.85. The lowest BCUT2D eigenvalue weighted by Crippen LogP contribution is -2.22. The van der Waals surface area contributed by atoms with Crippen LogP contribution >= 0.6 is 0 Å². The Morgan fingerprint density at radius 3 is 2.57 bits per heavy atom. The molecule has 3 aromatic rings. The molecule has 0 radical (unpaired) electrons. The van der Waals surface area contributed by atoms with Gasteiger partial charge >= 0.3 is 5.97 Å². The fourth-order valence-electron chi connectivity index (χ4n) is 3.30. The Hall–Kier alpha value is -2.96. The van der Waals surface area contributed by atoms with E-state index in [0.717, 1.165) is 42.7 Å². The van der Waals surface area contributed by atoms with Crippen LogP contribution in [0.1, 0.15) is 38.5 Å². The monoisotopic (exact) mass is 384 g/mol. The summed E-state index contributed by atoms with van der Waals surface area (Å²) in [5, 5.41) is 8.70. The number of carboxylic acids is 1. The van der Waals surface area contributed by atoms with Crippen molar-refractivity contribution >= 4 is 28.8 Å². The van der Waals surface area contributed by atoms with Gasteiger partial charge in [0.1, 0.15) is 11.6 Å². The Morgan fingerprint density at radius 1 is 1.11 bits per heavy atom. The van der Waals surface area contributed by atoms with Gasteiger partial charge in [0.05, 0.1) is 17.2 Å². The van der Waals surface area contributed by atoms with E-state index in [1.807, 2.05) is 40.8 Å². The molecule has 148 valence electrons. The Balaban J connectivity index is 1.71. The van der Waals surface area contributed by atoms with Gasteiger partial charge in [-0.15, -0.1) is 0 Å². The summed E-state index contributed by atoms with van der Waals surface area (Å²) in [6.45, 7) is 0.703. The Morgan fingerprint density at radius 2 is 1.86 bits per heavy atom. The third-order valence-electron chi connectivity index (χ3n) is 4.77. The number of aromatic nitrogens is 3. The highest BCUT2D eigenvalue weighted by Gasteiger charge is 2.17. The molecule has 3 rings (SSSR count). The maximum absolute atomic E-state index is 13.3. The minimum Gasteiger partial charge on any atom is -0.481 e. The van der Waals surface area contributed by atoms with Crippen molar-refractivity contribution in [3.05, 3.63) is 48.4 Å². The summed E-state index contributed by atoms with van der Waals surface area (Å²) in [5.41, 5.74) is 1.93. The van der Waals surface area contributed by atoms with Crippen LogP contribution in [0.15, 0.2) is 42.6 Å². The number of nitrogens with zero attached hydrogens (tertiary/aromatic N) is 4. The van der Waals surface area contributed by atoms with Gasteiger partial charge < -0.3 is 9.67 Å². The van der Waals surface area contributed by atoms with E-state index in [2.05, 4.69) is 4.98 Å². The first-order valence-corrected chi connectivity index (χ1v) is 9.58. The van der Waals surface area contributed by atoms with Crippen LogP contribution in [-0.2, 0) is 11.8 Å². The van der Waals surface area contributed by atoms with Crippen LogP contribution in [0.3, 0.4) is 0 Å². The van der Waals surface area contributed by atoms with Gasteiger partial charge in [-0.05, 0) is 37.1 Å². The number of para-hydroxylation sites is 2. The number of fused-ring (bicyclic) bond motifs is 1. The predicted molar refractivity (Wildman–Crippen MR) is 107 cm³/mol. The first kappa shape index (κ1) is 19.8. The van der Waals surface area contributed by atoms with Crippen molar-refractivity contribution in [3.8, 4) is 0 Å². The zero-order valence-corrected chi connectivity index (χ0v) is 16.0. The van der Waals surface area contributed by atoms with Gasteiger partial charge in [-0.1, -0.05) is 31.4 Å². The molecular weight excluding hydrogens is 359 g/mol. The quantitative estimate of drug-likeness (QED) is 0.514. The summed E-state index contributed by atoms with van der Waals surface area (Å²) in [5.74, 6) is 0.319. The largest absolute Gasteiger partial charge is 0.481 e. The average molecular weight is 384 g/mol. The molecule has 0 saturated carbocycles. The molecule has 7 heteroatoms. The second-order valence-corrected chi connectivity index (χ2v) is 6.86. The number of aliphatic carboxylic acids is 1. The van der Waals surface area contributed by atoms with Crippen molar-refractivity contribution < 1.29 is 14.3 Å². The standard InChI is InChI=1S/C21H25FN4O2/c1-25-18-10-7-6-9-17(18)24-21(25)26(19-13-12-16(22)15-23-19)14-8-4-2-3-5-11-20(27)28/h6-7,9-10,12-13,15H,2-5,8,11,14H2,1H3,(H,27,28). The second kappa shape index (κ2) is 9.30. The number of unbranched alkanes of at least 4 members (excludes halogenated alkanes) is 4. The predicted octanol–water partition coefficient (Wildman–Crippen LogP) is 4.67. The number of imidazole rings is 1. The average Bonchev–Trinajstić information content (AvgIpc) is 3.01. The third-order valence-corrected chi connectivity index (χ3v) is 4.77. The van der Waals surface area contributed by atoms with Crippen LogP contribution in [0.4, 0.5) is 16.2 Å². The highest BCUT2D eigenvalue weighted by atomic mass is 19.1. The highest BCUT2D eigenvalue weighted by Crippen LogP contribution is 2.27. The molecule has 2 aromatic heterocycles. The van der Waals surface area contributed by atoms with E-state index < -0.39 is 5.97 Å². The van der Waals surface area contributed by atoms with Crippen LogP contribution in [0.5, 0.6) is 0 Å². The molecule has 0 aliphatic heterocycles. The Bertz CT molecular complexity index is 924. The SMILES string of the molecule is Cn1c(N(CCCCCCCC(=O)O)c2ccc(F)cn2)nc2ccccc21. The van der Waals surface area contributed by atoms with Crippen LogP contribution in [-0.4, -0.2) is 32.2 Å². The van der Waals surface area contributed by atoms with Gasteiger partial charge in [0.25, 0.3) is 0 Å². The Labute approximate surface area is 163 Å². The van der Waals surface area contributed by atoms with Crippen molar-refractivity contribution in [1.29, 1.82) is 0 Å².